The van der Waals surface area contributed by atoms with Gasteiger partial charge in [-0.25, -0.2) is 0 Å². The van der Waals surface area contributed by atoms with Crippen LogP contribution in [0.5, 0.6) is 5.75 Å². The summed E-state index contributed by atoms with van der Waals surface area (Å²) < 4.78 is 0. The van der Waals surface area contributed by atoms with Crippen molar-refractivity contribution < 1.29 is 22.1 Å². The molecule has 24 heavy (non-hydrogen) atoms. The molecule has 6 heteroatoms. The topological polar surface area (TPSA) is 23.5 Å². The van der Waals surface area contributed by atoms with E-state index in [0.29, 0.717) is 14.3 Å². The van der Waals surface area contributed by atoms with E-state index >= 15 is 0 Å². The Hall–Kier alpha value is -0.236. The molecule has 0 aliphatic rings. The molecule has 2 rings (SSSR count). The third-order valence-corrected chi connectivity index (χ3v) is 5.43. The molecule has 0 spiro atoms. The summed E-state index contributed by atoms with van der Waals surface area (Å²) in [6, 6.07) is 12.5. The zero-order chi connectivity index (χ0) is 18.1. The Balaban J connectivity index is 0.000000891. The van der Waals surface area contributed by atoms with Crippen molar-refractivity contribution >= 4 is 43.5 Å². The second-order valence-electron chi connectivity index (χ2n) is 5.31. The monoisotopic (exact) mass is 419 g/mol. The van der Waals surface area contributed by atoms with Gasteiger partial charge < -0.3 is 10.0 Å². The quantitative estimate of drug-likeness (QED) is 0.552. The fraction of sp³-hybridized carbons (Fsp3) is 0.333. The summed E-state index contributed by atoms with van der Waals surface area (Å²) in [5.74, 6) is 0.435. The van der Waals surface area contributed by atoms with E-state index in [1.54, 1.807) is 0 Å². The number of hydrogen-bond donors (Lipinski definition) is 1. The Morgan fingerprint density at radius 2 is 1.54 bits per heavy atom. The van der Waals surface area contributed by atoms with Gasteiger partial charge in [0.25, 0.3) is 0 Å². The van der Waals surface area contributed by atoms with Crippen LogP contribution in [0, 0.1) is 13.8 Å². The van der Waals surface area contributed by atoms with E-state index in [1.807, 2.05) is 25.1 Å². The summed E-state index contributed by atoms with van der Waals surface area (Å²) in [7, 11) is 10.3. The van der Waals surface area contributed by atoms with Crippen molar-refractivity contribution in [2.45, 2.75) is 27.7 Å². The van der Waals surface area contributed by atoms with Crippen LogP contribution in [0.25, 0.3) is 0 Å². The van der Waals surface area contributed by atoms with E-state index in [-0.39, 0.29) is 0 Å². The van der Waals surface area contributed by atoms with E-state index in [9.17, 15) is 5.11 Å². The van der Waals surface area contributed by atoms with E-state index in [4.69, 9.17) is 18.6 Å². The first-order valence-electron chi connectivity index (χ1n) is 7.86. The molecule has 2 aromatic rings. The van der Waals surface area contributed by atoms with Gasteiger partial charge in [0.1, 0.15) is 5.75 Å². The zero-order valence-electron chi connectivity index (χ0n) is 14.5. The van der Waals surface area contributed by atoms with Crippen LogP contribution in [0.15, 0.2) is 36.4 Å². The van der Waals surface area contributed by atoms with Gasteiger partial charge in [-0.05, 0) is 44.9 Å². The van der Waals surface area contributed by atoms with Crippen LogP contribution in [0.1, 0.15) is 25.0 Å². The van der Waals surface area contributed by atoms with Crippen LogP contribution in [0.3, 0.4) is 0 Å². The van der Waals surface area contributed by atoms with Gasteiger partial charge >= 0.3 is 35.6 Å². The second-order valence-corrected chi connectivity index (χ2v) is 9.18. The van der Waals surface area contributed by atoms with Gasteiger partial charge in [0.05, 0.1) is 0 Å². The molecule has 1 unspecified atom stereocenters. The van der Waals surface area contributed by atoms with Crippen LogP contribution < -0.4 is 15.5 Å². The van der Waals surface area contributed by atoms with Crippen molar-refractivity contribution in [3.05, 3.63) is 47.5 Å². The number of aromatic hydroxyl groups is 1. The maximum atomic E-state index is 10.3. The Kier molecular flexibility index (Phi) is 10.4. The van der Waals surface area contributed by atoms with Crippen LogP contribution in [-0.2, 0) is 17.0 Å². The minimum absolute atomic E-state index is 0.435. The molecule has 130 valence electrons. The average molecular weight is 420 g/mol. The number of phenolic OH excluding ortho intramolecular Hbond substituents is 1. The molecule has 0 bridgehead atoms. The van der Waals surface area contributed by atoms with Gasteiger partial charge in [-0.1, -0.05) is 38.9 Å². The Morgan fingerprint density at radius 1 is 1.00 bits per heavy atom. The Morgan fingerprint density at radius 3 is 2.12 bits per heavy atom. The summed E-state index contributed by atoms with van der Waals surface area (Å²) in [5, 5.41) is 12.6. The first-order valence-corrected chi connectivity index (χ1v) is 13.2. The molecule has 0 saturated heterocycles. The molecule has 0 radical (unpaired) electrons. The summed E-state index contributed by atoms with van der Waals surface area (Å²) in [6.45, 7) is 10.5. The van der Waals surface area contributed by atoms with Crippen LogP contribution in [0.2, 0.25) is 0 Å². The minimum atomic E-state index is -0.556. The van der Waals surface area contributed by atoms with Crippen LogP contribution in [-0.4, -0.2) is 18.2 Å². The number of nitrogens with zero attached hydrogens (tertiary/aromatic N) is 1. The molecule has 0 saturated carbocycles. The second kappa shape index (κ2) is 11.4. The SMILES string of the molecule is CCN(CC)c1cccc(C)c1Pc1cccc(C)c1O.[Cl][Ti][Cl]. The van der Waals surface area contributed by atoms with Crippen LogP contribution >= 0.6 is 27.2 Å². The van der Waals surface area contributed by atoms with Gasteiger partial charge in [0.2, 0.25) is 0 Å². The molecule has 2 nitrogen and oxygen atoms in total. The van der Waals surface area contributed by atoms with Crippen molar-refractivity contribution in [3.8, 4) is 5.75 Å². The Labute approximate surface area is 164 Å². The van der Waals surface area contributed by atoms with E-state index in [2.05, 4.69) is 43.9 Å². The van der Waals surface area contributed by atoms with Crippen molar-refractivity contribution in [1.29, 1.82) is 0 Å². The van der Waals surface area contributed by atoms with E-state index < -0.39 is 17.0 Å². The van der Waals surface area contributed by atoms with Gasteiger partial charge in [-0.3, -0.25) is 0 Å². The van der Waals surface area contributed by atoms with Gasteiger partial charge in [0.15, 0.2) is 0 Å². The third kappa shape index (κ3) is 5.93. The maximum absolute atomic E-state index is 10.3. The molecule has 1 N–H and O–H groups in total. The van der Waals surface area contributed by atoms with Crippen molar-refractivity contribution in [2.24, 2.45) is 0 Å². The standard InChI is InChI=1S/C18H24NOP.2ClH.Ti/c1-5-19(6-2)15-11-7-10-14(4)18(15)21-16-12-8-9-13(3)17(16)20;;;/h7-12,20-21H,5-6H2,1-4H3;2*1H;/q;;;+2/p-2. The van der Waals surface area contributed by atoms with E-state index in [1.165, 1.54) is 16.6 Å². The molecular formula is C18H24Cl2NOPTi. The average Bonchev–Trinajstić information content (AvgIpc) is 2.56. The van der Waals surface area contributed by atoms with Gasteiger partial charge in [0, 0.05) is 29.4 Å². The molecule has 1 atom stereocenters. The zero-order valence-corrected chi connectivity index (χ0v) is 18.6. The normalized spacial score (nSPS) is 10.4. The first kappa shape index (κ1) is 21.8. The molecular weight excluding hydrogens is 396 g/mol. The number of hydrogen-bond acceptors (Lipinski definition) is 2. The van der Waals surface area contributed by atoms with Crippen LogP contribution in [0.4, 0.5) is 5.69 Å². The van der Waals surface area contributed by atoms with Crippen molar-refractivity contribution in [3.63, 3.8) is 0 Å². The predicted octanol–water partition coefficient (Wildman–Crippen LogP) is 4.86. The molecule has 2 aromatic carbocycles. The fourth-order valence-electron chi connectivity index (χ4n) is 2.54. The number of halogens is 2. The predicted molar refractivity (Wildman–Crippen MR) is 107 cm³/mol. The number of anilines is 1. The van der Waals surface area contributed by atoms with Gasteiger partial charge in [-0.2, -0.15) is 0 Å². The number of phenols is 1. The number of aryl methyl sites for hydroxylation is 2. The summed E-state index contributed by atoms with van der Waals surface area (Å²) in [4.78, 5) is 2.38. The summed E-state index contributed by atoms with van der Waals surface area (Å²) in [6.07, 6.45) is 0. The van der Waals surface area contributed by atoms with Crippen molar-refractivity contribution in [1.82, 2.24) is 0 Å². The molecule has 0 aliphatic carbocycles. The Bertz CT molecular complexity index is 651. The molecule has 0 heterocycles. The number of rotatable bonds is 5. The molecule has 0 fully saturated rings. The number of para-hydroxylation sites is 1. The van der Waals surface area contributed by atoms with Gasteiger partial charge in [-0.15, -0.1) is 0 Å². The fourth-order valence-corrected chi connectivity index (χ4v) is 3.95. The van der Waals surface area contributed by atoms with Crippen molar-refractivity contribution in [2.75, 3.05) is 18.0 Å². The summed E-state index contributed by atoms with van der Waals surface area (Å²) >= 11 is -0.556. The molecule has 0 aromatic heterocycles. The third-order valence-electron chi connectivity index (χ3n) is 3.85. The van der Waals surface area contributed by atoms with E-state index in [0.717, 1.165) is 24.0 Å². The first-order chi connectivity index (χ1) is 11.5. The molecule has 0 aliphatic heterocycles. The summed E-state index contributed by atoms with van der Waals surface area (Å²) in [5.41, 5.74) is 3.52. The number of benzene rings is 2. The molecule has 0 amide bonds.